The molecule has 1 saturated heterocycles. The second kappa shape index (κ2) is 10.1. The molecule has 2 aliphatic heterocycles. The van der Waals surface area contributed by atoms with E-state index in [4.69, 9.17) is 14.5 Å². The molecule has 0 bridgehead atoms. The van der Waals surface area contributed by atoms with Crippen molar-refractivity contribution in [1.29, 1.82) is 0 Å². The number of hydrogen-bond acceptors (Lipinski definition) is 8. The van der Waals surface area contributed by atoms with Crippen LogP contribution in [0.1, 0.15) is 69.4 Å². The topological polar surface area (TPSA) is 93.9 Å². The van der Waals surface area contributed by atoms with Crippen molar-refractivity contribution in [3.8, 4) is 27.4 Å². The van der Waals surface area contributed by atoms with Crippen molar-refractivity contribution >= 4 is 22.4 Å². The quantitative estimate of drug-likeness (QED) is 0.429. The van der Waals surface area contributed by atoms with E-state index < -0.39 is 11.6 Å². The number of ether oxygens (including phenoxy) is 2. The SMILES string of the molecule is CCOC(=O)c1cn2c(cc1=O)-c1cc(OC)c(-c3cnc(N4CCC(C)(O)CC4)s3)cc1CC2C(C)(C)C. The van der Waals surface area contributed by atoms with Crippen molar-refractivity contribution < 1.29 is 19.4 Å². The van der Waals surface area contributed by atoms with Gasteiger partial charge in [0.25, 0.3) is 0 Å². The zero-order valence-electron chi connectivity index (χ0n) is 23.5. The number of hydrogen-bond donors (Lipinski definition) is 1. The highest BCUT2D eigenvalue weighted by Crippen LogP contribution is 2.47. The van der Waals surface area contributed by atoms with Crippen molar-refractivity contribution in [2.24, 2.45) is 5.41 Å². The summed E-state index contributed by atoms with van der Waals surface area (Å²) >= 11 is 1.62. The first-order chi connectivity index (χ1) is 18.4. The summed E-state index contributed by atoms with van der Waals surface area (Å²) in [6.07, 6.45) is 5.73. The number of carbonyl (C=O) groups excluding carboxylic acids is 1. The van der Waals surface area contributed by atoms with E-state index in [1.807, 2.05) is 19.2 Å². The van der Waals surface area contributed by atoms with Crippen LogP contribution >= 0.6 is 11.3 Å². The summed E-state index contributed by atoms with van der Waals surface area (Å²) in [7, 11) is 1.65. The number of esters is 1. The average Bonchev–Trinajstić information content (AvgIpc) is 3.36. The van der Waals surface area contributed by atoms with Gasteiger partial charge in [0.2, 0.25) is 0 Å². The van der Waals surface area contributed by atoms with E-state index in [2.05, 4.69) is 36.3 Å². The molecule has 1 fully saturated rings. The first-order valence-electron chi connectivity index (χ1n) is 13.5. The van der Waals surface area contributed by atoms with Crippen LogP contribution < -0.4 is 15.1 Å². The van der Waals surface area contributed by atoms with Gasteiger partial charge in [-0.25, -0.2) is 9.78 Å². The molecule has 1 atom stereocenters. The normalized spacial score (nSPS) is 18.3. The van der Waals surface area contributed by atoms with Gasteiger partial charge in [-0.3, -0.25) is 4.79 Å². The van der Waals surface area contributed by atoms with Gasteiger partial charge in [-0.1, -0.05) is 32.1 Å². The van der Waals surface area contributed by atoms with Crippen molar-refractivity contribution in [2.45, 2.75) is 65.5 Å². The van der Waals surface area contributed by atoms with Gasteiger partial charge in [0.1, 0.15) is 11.3 Å². The second-order valence-corrected chi connectivity index (χ2v) is 12.9. The Labute approximate surface area is 233 Å². The molecule has 9 heteroatoms. The molecule has 4 heterocycles. The van der Waals surface area contributed by atoms with Crippen LogP contribution in [0.2, 0.25) is 0 Å². The molecule has 0 saturated carbocycles. The lowest BCUT2D eigenvalue weighted by molar-refractivity contribution is 0.0351. The maximum Gasteiger partial charge on any atom is 0.343 e. The van der Waals surface area contributed by atoms with E-state index in [0.717, 1.165) is 64.7 Å². The van der Waals surface area contributed by atoms with Gasteiger partial charge in [0, 0.05) is 48.7 Å². The number of aromatic nitrogens is 2. The molecular formula is C30H37N3O5S. The number of piperidine rings is 1. The molecule has 0 amide bonds. The number of thiazole rings is 1. The minimum absolute atomic E-state index is 0.0215. The van der Waals surface area contributed by atoms with Crippen LogP contribution in [0.25, 0.3) is 21.7 Å². The Balaban J connectivity index is 1.58. The summed E-state index contributed by atoms with van der Waals surface area (Å²) in [5.74, 6) is 0.107. The summed E-state index contributed by atoms with van der Waals surface area (Å²) in [5.41, 5.74) is 2.73. The molecule has 3 aromatic rings. The highest BCUT2D eigenvalue weighted by atomic mass is 32.1. The Bertz CT molecular complexity index is 1460. The second-order valence-electron chi connectivity index (χ2n) is 11.9. The zero-order valence-corrected chi connectivity index (χ0v) is 24.4. The maximum absolute atomic E-state index is 13.0. The molecule has 2 aromatic heterocycles. The molecule has 2 aliphatic rings. The number of aliphatic hydroxyl groups is 1. The van der Waals surface area contributed by atoms with Crippen molar-refractivity contribution in [3.63, 3.8) is 0 Å². The highest BCUT2D eigenvalue weighted by molar-refractivity contribution is 7.19. The van der Waals surface area contributed by atoms with Crippen LogP contribution in [0.4, 0.5) is 5.13 Å². The molecule has 0 aliphatic carbocycles. The van der Waals surface area contributed by atoms with Crippen LogP contribution in [0.15, 0.2) is 35.4 Å². The number of carbonyl (C=O) groups is 1. The van der Waals surface area contributed by atoms with Crippen LogP contribution in [0, 0.1) is 5.41 Å². The fourth-order valence-electron chi connectivity index (χ4n) is 5.52. The smallest absolute Gasteiger partial charge is 0.343 e. The third-order valence-electron chi connectivity index (χ3n) is 7.90. The Morgan fingerprint density at radius 3 is 2.56 bits per heavy atom. The minimum Gasteiger partial charge on any atom is -0.496 e. The summed E-state index contributed by atoms with van der Waals surface area (Å²) in [5, 5.41) is 11.3. The van der Waals surface area contributed by atoms with E-state index in [9.17, 15) is 14.7 Å². The molecule has 8 nitrogen and oxygen atoms in total. The number of anilines is 1. The van der Waals surface area contributed by atoms with Gasteiger partial charge in [-0.15, -0.1) is 0 Å². The van der Waals surface area contributed by atoms with Crippen LogP contribution in [-0.4, -0.2) is 53.0 Å². The molecular weight excluding hydrogens is 514 g/mol. The minimum atomic E-state index is -0.614. The molecule has 208 valence electrons. The van der Waals surface area contributed by atoms with Gasteiger partial charge < -0.3 is 24.0 Å². The lowest BCUT2D eigenvalue weighted by atomic mass is 9.78. The Kier molecular flexibility index (Phi) is 7.09. The Hall–Kier alpha value is -3.17. The first kappa shape index (κ1) is 27.4. The van der Waals surface area contributed by atoms with E-state index in [0.29, 0.717) is 5.75 Å². The number of pyridine rings is 1. The average molecular weight is 552 g/mol. The van der Waals surface area contributed by atoms with E-state index in [1.54, 1.807) is 37.6 Å². The Morgan fingerprint density at radius 1 is 1.21 bits per heavy atom. The number of methoxy groups -OCH3 is 1. The molecule has 1 unspecified atom stereocenters. The number of fused-ring (bicyclic) bond motifs is 3. The predicted octanol–water partition coefficient (Wildman–Crippen LogP) is 5.32. The largest absolute Gasteiger partial charge is 0.496 e. The third-order valence-corrected chi connectivity index (χ3v) is 8.99. The van der Waals surface area contributed by atoms with Gasteiger partial charge >= 0.3 is 5.97 Å². The number of benzene rings is 1. The van der Waals surface area contributed by atoms with Crippen LogP contribution in [-0.2, 0) is 11.2 Å². The predicted molar refractivity (Wildman–Crippen MR) is 154 cm³/mol. The van der Waals surface area contributed by atoms with E-state index in [1.165, 1.54) is 0 Å². The summed E-state index contributed by atoms with van der Waals surface area (Å²) < 4.78 is 13.1. The molecule has 5 rings (SSSR count). The Morgan fingerprint density at radius 2 is 1.92 bits per heavy atom. The lowest BCUT2D eigenvalue weighted by Gasteiger charge is -2.39. The molecule has 0 radical (unpaired) electrons. The van der Waals surface area contributed by atoms with Crippen LogP contribution in [0.5, 0.6) is 5.75 Å². The number of rotatable bonds is 5. The molecule has 1 N–H and O–H groups in total. The van der Waals surface area contributed by atoms with Gasteiger partial charge in [0.15, 0.2) is 10.6 Å². The molecule has 39 heavy (non-hydrogen) atoms. The first-order valence-corrected chi connectivity index (χ1v) is 14.3. The van der Waals surface area contributed by atoms with E-state index in [-0.39, 0.29) is 29.1 Å². The van der Waals surface area contributed by atoms with E-state index >= 15 is 0 Å². The summed E-state index contributed by atoms with van der Waals surface area (Å²) in [4.78, 5) is 33.5. The summed E-state index contributed by atoms with van der Waals surface area (Å²) in [6, 6.07) is 5.74. The van der Waals surface area contributed by atoms with Crippen molar-refractivity contribution in [1.82, 2.24) is 9.55 Å². The van der Waals surface area contributed by atoms with Gasteiger partial charge in [0.05, 0.1) is 29.9 Å². The standard InChI is InChI=1S/C30H37N3O5S/c1-7-38-27(35)21-17-33-22(15-23(21)34)19-14-24(37-6)20(12-18(19)13-26(33)29(2,3)4)25-16-31-28(39-25)32-10-8-30(5,36)9-11-32/h12,14-17,26,36H,7-11,13H2,1-6H3. The van der Waals surface area contributed by atoms with Crippen molar-refractivity contribution in [2.75, 3.05) is 31.7 Å². The van der Waals surface area contributed by atoms with Gasteiger partial charge in [-0.05, 0) is 56.2 Å². The van der Waals surface area contributed by atoms with Gasteiger partial charge in [-0.2, -0.15) is 0 Å². The maximum atomic E-state index is 13.0. The molecule has 0 spiro atoms. The third kappa shape index (κ3) is 5.22. The zero-order chi connectivity index (χ0) is 28.1. The highest BCUT2D eigenvalue weighted by Gasteiger charge is 2.35. The monoisotopic (exact) mass is 551 g/mol. The number of nitrogens with zero attached hydrogens (tertiary/aromatic N) is 3. The fourth-order valence-corrected chi connectivity index (χ4v) is 6.51. The lowest BCUT2D eigenvalue weighted by Crippen LogP contribution is -2.42. The van der Waals surface area contributed by atoms with Crippen molar-refractivity contribution in [3.05, 3.63) is 51.9 Å². The fraction of sp³-hybridized carbons (Fsp3) is 0.500. The van der Waals surface area contributed by atoms with Crippen LogP contribution in [0.3, 0.4) is 0 Å². The molecule has 1 aromatic carbocycles. The summed E-state index contributed by atoms with van der Waals surface area (Å²) in [6.45, 7) is 11.9.